The first-order valence-electron chi connectivity index (χ1n) is 13.7. The lowest BCUT2D eigenvalue weighted by Gasteiger charge is -2.25. The first-order valence-corrected chi connectivity index (χ1v) is 15.2. The highest BCUT2D eigenvalue weighted by Gasteiger charge is 2.33. The number of benzene rings is 3. The van der Waals surface area contributed by atoms with Crippen LogP contribution in [-0.4, -0.2) is 30.1 Å². The van der Waals surface area contributed by atoms with Crippen LogP contribution in [0, 0.1) is 6.92 Å². The number of hydrogen-bond donors (Lipinski definition) is 1. The molecule has 3 aromatic carbocycles. The van der Waals surface area contributed by atoms with Crippen molar-refractivity contribution in [3.63, 3.8) is 0 Å². The topological polar surface area (TPSA) is 98.1 Å². The standard InChI is InChI=1S/C32H33N3O4S/c1-22-18-20-27(21-19-22)40(38,39)30-28(24-12-6-3-7-13-24)29(25-14-8-4-9-15-25)34-35(32(30)37)23(2)31(36)33-26-16-10-5-11-17-26/h3-4,6-9,12-15,18-21,23,26H,5,10-11,16-17H2,1-2H3,(H,33,36). The van der Waals surface area contributed by atoms with Gasteiger partial charge in [0.05, 0.1) is 4.90 Å². The van der Waals surface area contributed by atoms with Crippen LogP contribution in [-0.2, 0) is 14.6 Å². The second-order valence-corrected chi connectivity index (χ2v) is 12.3. The molecule has 1 aromatic heterocycles. The van der Waals surface area contributed by atoms with E-state index in [9.17, 15) is 18.0 Å². The summed E-state index contributed by atoms with van der Waals surface area (Å²) in [6.45, 7) is 3.46. The van der Waals surface area contributed by atoms with Gasteiger partial charge in [0.25, 0.3) is 5.56 Å². The molecule has 1 saturated carbocycles. The Morgan fingerprint density at radius 2 is 1.45 bits per heavy atom. The van der Waals surface area contributed by atoms with Gasteiger partial charge >= 0.3 is 0 Å². The molecule has 0 saturated heterocycles. The van der Waals surface area contributed by atoms with Crippen LogP contribution < -0.4 is 10.9 Å². The molecule has 0 spiro atoms. The van der Waals surface area contributed by atoms with E-state index in [1.807, 2.05) is 43.3 Å². The van der Waals surface area contributed by atoms with Crippen molar-refractivity contribution < 1.29 is 13.2 Å². The highest BCUT2D eigenvalue weighted by Crippen LogP contribution is 2.36. The second kappa shape index (κ2) is 11.6. The number of sulfone groups is 1. The molecule has 0 bridgehead atoms. The normalized spacial score (nSPS) is 14.9. The fourth-order valence-electron chi connectivity index (χ4n) is 5.22. The molecule has 1 amide bonds. The zero-order chi connectivity index (χ0) is 28.3. The summed E-state index contributed by atoms with van der Waals surface area (Å²) in [6.07, 6.45) is 5.00. The lowest BCUT2D eigenvalue weighted by atomic mass is 9.95. The van der Waals surface area contributed by atoms with E-state index in [4.69, 9.17) is 5.10 Å². The molecular weight excluding hydrogens is 522 g/mol. The van der Waals surface area contributed by atoms with Crippen molar-refractivity contribution in [3.05, 3.63) is 101 Å². The summed E-state index contributed by atoms with van der Waals surface area (Å²) in [5.74, 6) is -0.355. The number of amides is 1. The molecular formula is C32H33N3O4S. The smallest absolute Gasteiger partial charge is 0.287 e. The molecule has 4 aromatic rings. The number of nitrogens with zero attached hydrogens (tertiary/aromatic N) is 2. The molecule has 5 rings (SSSR count). The summed E-state index contributed by atoms with van der Waals surface area (Å²) in [5, 5.41) is 7.75. The molecule has 40 heavy (non-hydrogen) atoms. The quantitative estimate of drug-likeness (QED) is 0.314. The van der Waals surface area contributed by atoms with Gasteiger partial charge in [0.1, 0.15) is 16.6 Å². The Kier molecular flexibility index (Phi) is 7.98. The molecule has 1 fully saturated rings. The first kappa shape index (κ1) is 27.5. The predicted molar refractivity (Wildman–Crippen MR) is 156 cm³/mol. The van der Waals surface area contributed by atoms with Crippen LogP contribution in [0.4, 0.5) is 0 Å². The molecule has 1 aliphatic carbocycles. The van der Waals surface area contributed by atoms with Crippen LogP contribution in [0.5, 0.6) is 0 Å². The van der Waals surface area contributed by atoms with E-state index < -0.39 is 26.3 Å². The Balaban J connectivity index is 1.77. The Bertz CT molecular complexity index is 1660. The molecule has 1 unspecified atom stereocenters. The van der Waals surface area contributed by atoms with Crippen LogP contribution in [0.1, 0.15) is 50.6 Å². The van der Waals surface area contributed by atoms with E-state index in [2.05, 4.69) is 5.32 Å². The van der Waals surface area contributed by atoms with Gasteiger partial charge in [0.2, 0.25) is 15.7 Å². The van der Waals surface area contributed by atoms with E-state index >= 15 is 0 Å². The first-order chi connectivity index (χ1) is 19.3. The Hall–Kier alpha value is -4.04. The average molecular weight is 556 g/mol. The third kappa shape index (κ3) is 5.49. The zero-order valence-electron chi connectivity index (χ0n) is 22.7. The van der Waals surface area contributed by atoms with Gasteiger partial charge in [-0.2, -0.15) is 5.10 Å². The summed E-state index contributed by atoms with van der Waals surface area (Å²) in [5.41, 5.74) is 1.78. The van der Waals surface area contributed by atoms with E-state index in [0.717, 1.165) is 42.3 Å². The molecule has 7 nitrogen and oxygen atoms in total. The highest BCUT2D eigenvalue weighted by molar-refractivity contribution is 7.91. The van der Waals surface area contributed by atoms with Gasteiger partial charge in [-0.25, -0.2) is 13.1 Å². The molecule has 0 aliphatic heterocycles. The van der Waals surface area contributed by atoms with Crippen molar-refractivity contribution in [2.75, 3.05) is 0 Å². The van der Waals surface area contributed by atoms with Gasteiger partial charge in [-0.1, -0.05) is 97.6 Å². The van der Waals surface area contributed by atoms with Crippen molar-refractivity contribution in [3.8, 4) is 22.4 Å². The second-order valence-electron chi connectivity index (χ2n) is 10.4. The van der Waals surface area contributed by atoms with Gasteiger partial charge in [0.15, 0.2) is 0 Å². The molecule has 1 atom stereocenters. The van der Waals surface area contributed by atoms with Crippen molar-refractivity contribution in [2.45, 2.75) is 67.8 Å². The maximum Gasteiger partial charge on any atom is 0.287 e. The Labute approximate surface area is 234 Å². The largest absolute Gasteiger partial charge is 0.352 e. The number of hydrogen-bond acceptors (Lipinski definition) is 5. The minimum Gasteiger partial charge on any atom is -0.352 e. The molecule has 8 heteroatoms. The highest BCUT2D eigenvalue weighted by atomic mass is 32.2. The monoisotopic (exact) mass is 555 g/mol. The third-order valence-electron chi connectivity index (χ3n) is 7.48. The average Bonchev–Trinajstić information content (AvgIpc) is 2.98. The molecule has 0 radical (unpaired) electrons. The van der Waals surface area contributed by atoms with E-state index in [1.165, 1.54) is 12.1 Å². The van der Waals surface area contributed by atoms with Crippen LogP contribution in [0.3, 0.4) is 0 Å². The summed E-state index contributed by atoms with van der Waals surface area (Å²) in [7, 11) is -4.31. The van der Waals surface area contributed by atoms with Crippen LogP contribution in [0.25, 0.3) is 22.4 Å². The maximum atomic E-state index is 14.3. The number of aryl methyl sites for hydroxylation is 1. The summed E-state index contributed by atoms with van der Waals surface area (Å²) in [6, 6.07) is 23.5. The van der Waals surface area contributed by atoms with Crippen molar-refractivity contribution in [1.82, 2.24) is 15.1 Å². The van der Waals surface area contributed by atoms with Gasteiger partial charge in [-0.05, 0) is 44.4 Å². The summed E-state index contributed by atoms with van der Waals surface area (Å²) in [4.78, 5) is 27.2. The minimum absolute atomic E-state index is 0.00320. The fourth-order valence-corrected chi connectivity index (χ4v) is 6.76. The molecule has 1 N–H and O–H groups in total. The summed E-state index contributed by atoms with van der Waals surface area (Å²) >= 11 is 0. The van der Waals surface area contributed by atoms with Crippen LogP contribution >= 0.6 is 0 Å². The van der Waals surface area contributed by atoms with Crippen LogP contribution in [0.2, 0.25) is 0 Å². The van der Waals surface area contributed by atoms with E-state index in [0.29, 0.717) is 16.8 Å². The Morgan fingerprint density at radius 1 is 0.875 bits per heavy atom. The fraction of sp³-hybridized carbons (Fsp3) is 0.281. The van der Waals surface area contributed by atoms with Crippen molar-refractivity contribution in [1.29, 1.82) is 0 Å². The zero-order valence-corrected chi connectivity index (χ0v) is 23.5. The SMILES string of the molecule is Cc1ccc(S(=O)(=O)c2c(-c3ccccc3)c(-c3ccccc3)nn(C(C)C(=O)NC3CCCCC3)c2=O)cc1. The molecule has 1 aliphatic rings. The molecule has 1 heterocycles. The number of aromatic nitrogens is 2. The third-order valence-corrected chi connectivity index (χ3v) is 9.29. The van der Waals surface area contributed by atoms with Crippen molar-refractivity contribution >= 4 is 15.7 Å². The van der Waals surface area contributed by atoms with Gasteiger partial charge in [0, 0.05) is 17.2 Å². The number of rotatable bonds is 7. The molecule has 206 valence electrons. The number of nitrogens with one attached hydrogen (secondary N) is 1. The summed E-state index contributed by atoms with van der Waals surface area (Å²) < 4.78 is 29.6. The van der Waals surface area contributed by atoms with Gasteiger partial charge in [-0.15, -0.1) is 0 Å². The predicted octanol–water partition coefficient (Wildman–Crippen LogP) is 5.73. The van der Waals surface area contributed by atoms with Gasteiger partial charge in [-0.3, -0.25) is 9.59 Å². The van der Waals surface area contributed by atoms with Gasteiger partial charge < -0.3 is 5.32 Å². The Morgan fingerprint density at radius 3 is 2.05 bits per heavy atom. The van der Waals surface area contributed by atoms with E-state index in [1.54, 1.807) is 43.3 Å². The lowest BCUT2D eigenvalue weighted by Crippen LogP contribution is -2.43. The van der Waals surface area contributed by atoms with Crippen LogP contribution in [0.15, 0.2) is 99.5 Å². The van der Waals surface area contributed by atoms with E-state index in [-0.39, 0.29) is 22.4 Å². The number of carbonyl (C=O) groups excluding carboxylic acids is 1. The number of carbonyl (C=O) groups is 1. The van der Waals surface area contributed by atoms with Crippen molar-refractivity contribution in [2.24, 2.45) is 0 Å². The maximum absolute atomic E-state index is 14.3. The lowest BCUT2D eigenvalue weighted by molar-refractivity contribution is -0.125. The minimum atomic E-state index is -4.31.